The van der Waals surface area contributed by atoms with Crippen LogP contribution >= 0.6 is 51.3 Å². The van der Waals surface area contributed by atoms with Crippen molar-refractivity contribution in [1.82, 2.24) is 5.32 Å². The Labute approximate surface area is 247 Å². The quantitative estimate of drug-likeness (QED) is 0.183. The van der Waals surface area contributed by atoms with Crippen molar-refractivity contribution in [2.45, 2.75) is 13.5 Å². The number of fused-ring (bicyclic) bond motifs is 1. The maximum absolute atomic E-state index is 13.4. The minimum atomic E-state index is -0.648. The molecule has 3 aromatic rings. The van der Waals surface area contributed by atoms with Gasteiger partial charge < -0.3 is 18.9 Å². The molecule has 2 aliphatic rings. The van der Waals surface area contributed by atoms with Crippen LogP contribution in [0.15, 0.2) is 58.6 Å². The molecule has 2 heterocycles. The van der Waals surface area contributed by atoms with Gasteiger partial charge in [0.25, 0.3) is 11.8 Å². The van der Waals surface area contributed by atoms with Gasteiger partial charge in [-0.05, 0) is 88.7 Å². The van der Waals surface area contributed by atoms with Crippen LogP contribution < -0.4 is 29.2 Å². The standard InChI is InChI=1S/C27H19BrCl2N2O6S/c1-2-35-22-11-15(9-17(28)24(22)36-12-14-6-7-20-21(10-14)38-13-37-20)8-16-25(33)31-27(39)32(26(16)34)19-5-3-4-18(29)23(19)30/h3-11H,2,12-13H2,1H3,(H,31,33,39)/b16-8+. The highest BCUT2D eigenvalue weighted by molar-refractivity contribution is 9.10. The van der Waals surface area contributed by atoms with E-state index >= 15 is 0 Å². The van der Waals surface area contributed by atoms with Crippen LogP contribution in [0.1, 0.15) is 18.1 Å². The molecule has 3 aromatic carbocycles. The van der Waals surface area contributed by atoms with E-state index < -0.39 is 11.8 Å². The Morgan fingerprint density at radius 2 is 1.90 bits per heavy atom. The summed E-state index contributed by atoms with van der Waals surface area (Å²) < 4.78 is 23.3. The Hall–Kier alpha value is -3.31. The van der Waals surface area contributed by atoms with E-state index in [9.17, 15) is 9.59 Å². The third-order valence-electron chi connectivity index (χ3n) is 5.74. The highest BCUT2D eigenvalue weighted by atomic mass is 79.9. The molecule has 1 saturated heterocycles. The van der Waals surface area contributed by atoms with Crippen molar-refractivity contribution in [3.63, 3.8) is 0 Å². The third kappa shape index (κ3) is 5.56. The highest BCUT2D eigenvalue weighted by Gasteiger charge is 2.36. The summed E-state index contributed by atoms with van der Waals surface area (Å²) in [5.74, 6) is 0.940. The van der Waals surface area contributed by atoms with Crippen molar-refractivity contribution in [1.29, 1.82) is 0 Å². The number of hydrogen-bond donors (Lipinski definition) is 1. The number of amides is 2. The van der Waals surface area contributed by atoms with E-state index in [1.807, 2.05) is 25.1 Å². The van der Waals surface area contributed by atoms with Gasteiger partial charge in [0.2, 0.25) is 6.79 Å². The number of anilines is 1. The van der Waals surface area contributed by atoms with Crippen LogP contribution in [-0.2, 0) is 16.2 Å². The summed E-state index contributed by atoms with van der Waals surface area (Å²) in [5.41, 5.74) is 1.50. The topological polar surface area (TPSA) is 86.3 Å². The zero-order valence-corrected chi connectivity index (χ0v) is 24.2. The second kappa shape index (κ2) is 11.4. The van der Waals surface area contributed by atoms with Crippen molar-refractivity contribution < 1.29 is 28.5 Å². The van der Waals surface area contributed by atoms with E-state index in [1.54, 1.807) is 30.3 Å². The second-order valence-corrected chi connectivity index (χ2v) is 10.3. The monoisotopic (exact) mass is 648 g/mol. The molecular formula is C27H19BrCl2N2O6S. The summed E-state index contributed by atoms with van der Waals surface area (Å²) in [6, 6.07) is 13.8. The van der Waals surface area contributed by atoms with Gasteiger partial charge in [-0.2, -0.15) is 0 Å². The molecule has 200 valence electrons. The van der Waals surface area contributed by atoms with E-state index in [-0.39, 0.29) is 39.8 Å². The number of rotatable bonds is 7. The van der Waals surface area contributed by atoms with Gasteiger partial charge in [-0.3, -0.25) is 19.8 Å². The van der Waals surface area contributed by atoms with E-state index in [2.05, 4.69) is 21.2 Å². The number of nitrogens with zero attached hydrogens (tertiary/aromatic N) is 1. The van der Waals surface area contributed by atoms with Crippen LogP contribution in [-0.4, -0.2) is 30.3 Å². The Morgan fingerprint density at radius 1 is 1.10 bits per heavy atom. The van der Waals surface area contributed by atoms with E-state index in [1.165, 1.54) is 6.08 Å². The number of carbonyl (C=O) groups excluding carboxylic acids is 2. The highest BCUT2D eigenvalue weighted by Crippen LogP contribution is 2.40. The molecule has 0 aromatic heterocycles. The van der Waals surface area contributed by atoms with Gasteiger partial charge in [-0.15, -0.1) is 0 Å². The summed E-state index contributed by atoms with van der Waals surface area (Å²) in [6.07, 6.45) is 1.44. The smallest absolute Gasteiger partial charge is 0.270 e. The fraction of sp³-hybridized carbons (Fsp3) is 0.148. The lowest BCUT2D eigenvalue weighted by Gasteiger charge is -2.29. The summed E-state index contributed by atoms with van der Waals surface area (Å²) in [6.45, 7) is 2.63. The fourth-order valence-corrected chi connectivity index (χ4v) is 5.20. The van der Waals surface area contributed by atoms with Crippen LogP contribution in [0.5, 0.6) is 23.0 Å². The molecule has 0 aliphatic carbocycles. The molecule has 0 unspecified atom stereocenters. The van der Waals surface area contributed by atoms with Crippen molar-refractivity contribution in [2.24, 2.45) is 0 Å². The van der Waals surface area contributed by atoms with E-state index in [0.717, 1.165) is 10.5 Å². The Balaban J connectivity index is 1.44. The molecule has 0 saturated carbocycles. The number of hydrogen-bond acceptors (Lipinski definition) is 7. The molecular weight excluding hydrogens is 631 g/mol. The average Bonchev–Trinajstić information content (AvgIpc) is 3.37. The second-order valence-electron chi connectivity index (χ2n) is 8.27. The first-order valence-electron chi connectivity index (χ1n) is 11.6. The number of carbonyl (C=O) groups is 2. The maximum atomic E-state index is 13.4. The van der Waals surface area contributed by atoms with Crippen LogP contribution in [0, 0.1) is 0 Å². The Morgan fingerprint density at radius 3 is 2.69 bits per heavy atom. The van der Waals surface area contributed by atoms with Crippen LogP contribution in [0.2, 0.25) is 10.0 Å². The van der Waals surface area contributed by atoms with Gasteiger partial charge in [0.05, 0.1) is 26.8 Å². The van der Waals surface area contributed by atoms with E-state index in [4.69, 9.17) is 54.4 Å². The van der Waals surface area contributed by atoms with Gasteiger partial charge >= 0.3 is 0 Å². The minimum Gasteiger partial charge on any atom is -0.490 e. The molecule has 0 radical (unpaired) electrons. The maximum Gasteiger partial charge on any atom is 0.270 e. The summed E-state index contributed by atoms with van der Waals surface area (Å²) >= 11 is 21.3. The SMILES string of the molecule is CCOc1cc(/C=C2\C(=O)NC(=S)N(c3cccc(Cl)c3Cl)C2=O)cc(Br)c1OCc1ccc2c(c1)OCO2. The lowest BCUT2D eigenvalue weighted by Crippen LogP contribution is -2.54. The fourth-order valence-electron chi connectivity index (χ4n) is 3.97. The first-order valence-corrected chi connectivity index (χ1v) is 13.6. The van der Waals surface area contributed by atoms with Gasteiger partial charge in [-0.1, -0.05) is 35.3 Å². The first-order chi connectivity index (χ1) is 18.8. The third-order valence-corrected chi connectivity index (χ3v) is 7.42. The molecule has 8 nitrogen and oxygen atoms in total. The van der Waals surface area contributed by atoms with Crippen molar-refractivity contribution in [2.75, 3.05) is 18.3 Å². The molecule has 39 heavy (non-hydrogen) atoms. The Bertz CT molecular complexity index is 1550. The van der Waals surface area contributed by atoms with Crippen LogP contribution in [0.25, 0.3) is 6.08 Å². The first kappa shape index (κ1) is 27.3. The zero-order chi connectivity index (χ0) is 27.7. The van der Waals surface area contributed by atoms with Gasteiger partial charge in [-0.25, -0.2) is 0 Å². The number of benzene rings is 3. The summed E-state index contributed by atoms with van der Waals surface area (Å²) in [5, 5.41) is 2.82. The normalized spacial score (nSPS) is 15.5. The van der Waals surface area contributed by atoms with Crippen molar-refractivity contribution in [3.8, 4) is 23.0 Å². The number of nitrogens with one attached hydrogen (secondary N) is 1. The number of halogens is 3. The van der Waals surface area contributed by atoms with Crippen molar-refractivity contribution in [3.05, 3.63) is 79.7 Å². The molecule has 0 bridgehead atoms. The largest absolute Gasteiger partial charge is 0.490 e. The molecule has 2 aliphatic heterocycles. The lowest BCUT2D eigenvalue weighted by atomic mass is 10.1. The zero-order valence-electron chi connectivity index (χ0n) is 20.3. The molecule has 5 rings (SSSR count). The number of thiocarbonyl (C=S) groups is 1. The van der Waals surface area contributed by atoms with E-state index in [0.29, 0.717) is 39.6 Å². The van der Waals surface area contributed by atoms with Crippen molar-refractivity contribution >= 4 is 80.0 Å². The average molecular weight is 650 g/mol. The molecule has 1 fully saturated rings. The lowest BCUT2D eigenvalue weighted by molar-refractivity contribution is -0.122. The molecule has 2 amide bonds. The minimum absolute atomic E-state index is 0.102. The van der Waals surface area contributed by atoms with Gasteiger partial charge in [0.15, 0.2) is 28.1 Å². The Kier molecular flexibility index (Phi) is 7.99. The molecule has 0 atom stereocenters. The summed E-state index contributed by atoms with van der Waals surface area (Å²) in [7, 11) is 0. The van der Waals surface area contributed by atoms with Gasteiger partial charge in [0, 0.05) is 0 Å². The van der Waals surface area contributed by atoms with Crippen LogP contribution in [0.4, 0.5) is 5.69 Å². The summed E-state index contributed by atoms with van der Waals surface area (Å²) in [4.78, 5) is 27.4. The predicted octanol–water partition coefficient (Wildman–Crippen LogP) is 6.29. The molecule has 0 spiro atoms. The predicted molar refractivity (Wildman–Crippen MR) is 155 cm³/mol. The molecule has 1 N–H and O–H groups in total. The van der Waals surface area contributed by atoms with Crippen LogP contribution in [0.3, 0.4) is 0 Å². The molecule has 12 heteroatoms. The number of ether oxygens (including phenoxy) is 4. The van der Waals surface area contributed by atoms with Gasteiger partial charge in [0.1, 0.15) is 12.2 Å².